The van der Waals surface area contributed by atoms with E-state index >= 15 is 0 Å². The van der Waals surface area contributed by atoms with Crippen molar-refractivity contribution in [1.29, 1.82) is 0 Å². The van der Waals surface area contributed by atoms with Crippen LogP contribution in [0, 0.1) is 5.82 Å². The lowest BCUT2D eigenvalue weighted by Crippen LogP contribution is -2.34. The quantitative estimate of drug-likeness (QED) is 0.596. The van der Waals surface area contributed by atoms with E-state index in [2.05, 4.69) is 5.32 Å². The van der Waals surface area contributed by atoms with Crippen molar-refractivity contribution >= 4 is 17.2 Å². The van der Waals surface area contributed by atoms with Crippen molar-refractivity contribution in [1.82, 2.24) is 5.32 Å². The molecule has 2 heterocycles. The van der Waals surface area contributed by atoms with Crippen LogP contribution in [0.3, 0.4) is 0 Å². The second kappa shape index (κ2) is 10.5. The summed E-state index contributed by atoms with van der Waals surface area (Å²) in [6, 6.07) is 9.77. The summed E-state index contributed by atoms with van der Waals surface area (Å²) in [5.74, 6) is -0.373. The van der Waals surface area contributed by atoms with Gasteiger partial charge < -0.3 is 19.9 Å². The molecule has 0 radical (unpaired) electrons. The van der Waals surface area contributed by atoms with Crippen LogP contribution < -0.4 is 5.32 Å². The van der Waals surface area contributed by atoms with E-state index in [0.29, 0.717) is 19.4 Å². The maximum Gasteiger partial charge on any atom is 0.286 e. The molecule has 2 aromatic rings. The molecule has 0 fully saturated rings. The standard InChI is InChI=1S/C22H26FNO4S/c1-15(16-6-8-18(23)9-7-16)24-22(26)19-13-17(20-5-4-12-29-20)14-21(28-19)27-11-3-2-10-25/h4-9,12-13,15,17,21,25H,2-3,10-11,14H2,1H3,(H,24,26)/t15-,17-,21+/m1/s1. The number of unbranched alkanes of at least 4 members (excludes halogenated alkanes) is 1. The van der Waals surface area contributed by atoms with E-state index in [0.717, 1.165) is 16.9 Å². The first-order valence-corrected chi connectivity index (χ1v) is 10.7. The van der Waals surface area contributed by atoms with Gasteiger partial charge >= 0.3 is 0 Å². The van der Waals surface area contributed by atoms with Gasteiger partial charge in [0.05, 0.1) is 12.6 Å². The summed E-state index contributed by atoms with van der Waals surface area (Å²) in [5.41, 5.74) is 0.808. The van der Waals surface area contributed by atoms with E-state index < -0.39 is 6.29 Å². The summed E-state index contributed by atoms with van der Waals surface area (Å²) < 4.78 is 24.8. The van der Waals surface area contributed by atoms with Crippen LogP contribution in [0.2, 0.25) is 0 Å². The van der Waals surface area contributed by atoms with Crippen LogP contribution in [0.4, 0.5) is 4.39 Å². The van der Waals surface area contributed by atoms with Gasteiger partial charge in [-0.05, 0) is 55.0 Å². The van der Waals surface area contributed by atoms with Gasteiger partial charge in [0.2, 0.25) is 6.29 Å². The first-order valence-electron chi connectivity index (χ1n) is 9.77. The van der Waals surface area contributed by atoms with Gasteiger partial charge in [-0.2, -0.15) is 0 Å². The van der Waals surface area contributed by atoms with Crippen molar-refractivity contribution in [3.63, 3.8) is 0 Å². The van der Waals surface area contributed by atoms with Crippen molar-refractivity contribution < 1.29 is 23.8 Å². The Kier molecular flexibility index (Phi) is 7.80. The minimum Gasteiger partial charge on any atom is -0.459 e. The summed E-state index contributed by atoms with van der Waals surface area (Å²) in [4.78, 5) is 14.0. The van der Waals surface area contributed by atoms with Crippen molar-refractivity contribution in [3.05, 3.63) is 69.9 Å². The van der Waals surface area contributed by atoms with Crippen molar-refractivity contribution in [2.75, 3.05) is 13.2 Å². The number of hydrogen-bond acceptors (Lipinski definition) is 5. The predicted octanol–water partition coefficient (Wildman–Crippen LogP) is 4.27. The highest BCUT2D eigenvalue weighted by Crippen LogP contribution is 2.34. The zero-order valence-electron chi connectivity index (χ0n) is 16.3. The van der Waals surface area contributed by atoms with E-state index in [9.17, 15) is 9.18 Å². The molecule has 3 atom stereocenters. The average molecular weight is 420 g/mol. The topological polar surface area (TPSA) is 67.8 Å². The highest BCUT2D eigenvalue weighted by molar-refractivity contribution is 7.10. The van der Waals surface area contributed by atoms with Crippen LogP contribution in [-0.2, 0) is 14.3 Å². The number of carbonyl (C=O) groups is 1. The Hall–Kier alpha value is -2.22. The second-order valence-corrected chi connectivity index (χ2v) is 7.96. The van der Waals surface area contributed by atoms with Gasteiger partial charge in [0, 0.05) is 23.8 Å². The van der Waals surface area contributed by atoms with Gasteiger partial charge in [0.1, 0.15) is 5.82 Å². The summed E-state index contributed by atoms with van der Waals surface area (Å²) in [5, 5.41) is 13.8. The molecule has 1 amide bonds. The second-order valence-electron chi connectivity index (χ2n) is 6.98. The number of amides is 1. The molecule has 1 aromatic carbocycles. The molecule has 29 heavy (non-hydrogen) atoms. The Morgan fingerprint density at radius 2 is 2.14 bits per heavy atom. The molecule has 0 saturated carbocycles. The monoisotopic (exact) mass is 419 g/mol. The third kappa shape index (κ3) is 6.13. The van der Waals surface area contributed by atoms with Gasteiger partial charge in [0.15, 0.2) is 5.76 Å². The minimum atomic E-state index is -0.521. The Balaban J connectivity index is 1.68. The van der Waals surface area contributed by atoms with Crippen molar-refractivity contribution in [3.8, 4) is 0 Å². The molecule has 1 aliphatic heterocycles. The van der Waals surface area contributed by atoms with Crippen molar-refractivity contribution in [2.45, 2.75) is 44.4 Å². The van der Waals surface area contributed by atoms with E-state index in [4.69, 9.17) is 14.6 Å². The van der Waals surface area contributed by atoms with Crippen LogP contribution in [0.5, 0.6) is 0 Å². The van der Waals surface area contributed by atoms with Gasteiger partial charge in [-0.25, -0.2) is 4.39 Å². The Bertz CT molecular complexity index is 807. The predicted molar refractivity (Wildman–Crippen MR) is 110 cm³/mol. The van der Waals surface area contributed by atoms with E-state index in [-0.39, 0.29) is 36.1 Å². The summed E-state index contributed by atoms with van der Waals surface area (Å²) >= 11 is 1.63. The highest BCUT2D eigenvalue weighted by atomic mass is 32.1. The highest BCUT2D eigenvalue weighted by Gasteiger charge is 2.29. The normalized spacial score (nSPS) is 19.9. The number of thiophene rings is 1. The number of halogens is 1. The Morgan fingerprint density at radius 1 is 1.34 bits per heavy atom. The van der Waals surface area contributed by atoms with Crippen LogP contribution >= 0.6 is 11.3 Å². The molecular weight excluding hydrogens is 393 g/mol. The largest absolute Gasteiger partial charge is 0.459 e. The number of allylic oxidation sites excluding steroid dienone is 1. The van der Waals surface area contributed by atoms with Crippen LogP contribution in [0.1, 0.15) is 48.6 Å². The molecule has 0 aliphatic carbocycles. The number of benzene rings is 1. The molecule has 5 nitrogen and oxygen atoms in total. The third-order valence-electron chi connectivity index (χ3n) is 4.76. The SMILES string of the molecule is C[C@@H](NC(=O)C1=C[C@@H](c2cccs2)C[C@@H](OCCCCO)O1)c1ccc(F)cc1. The first kappa shape index (κ1) is 21.5. The lowest BCUT2D eigenvalue weighted by molar-refractivity contribution is -0.146. The Morgan fingerprint density at radius 3 is 2.83 bits per heavy atom. The molecule has 7 heteroatoms. The number of aliphatic hydroxyl groups is 1. The van der Waals surface area contributed by atoms with Crippen LogP contribution in [0.25, 0.3) is 0 Å². The maximum absolute atomic E-state index is 13.1. The molecule has 0 spiro atoms. The van der Waals surface area contributed by atoms with Gasteiger partial charge in [-0.1, -0.05) is 18.2 Å². The third-order valence-corrected chi connectivity index (χ3v) is 5.77. The molecule has 0 bridgehead atoms. The van der Waals surface area contributed by atoms with E-state index in [1.165, 1.54) is 12.1 Å². The molecule has 1 aromatic heterocycles. The minimum absolute atomic E-state index is 0.0356. The van der Waals surface area contributed by atoms with Crippen molar-refractivity contribution in [2.24, 2.45) is 0 Å². The zero-order valence-corrected chi connectivity index (χ0v) is 17.2. The number of rotatable bonds is 9. The average Bonchev–Trinajstić information content (AvgIpc) is 3.26. The number of ether oxygens (including phenoxy) is 2. The fourth-order valence-corrected chi connectivity index (χ4v) is 3.96. The lowest BCUT2D eigenvalue weighted by Gasteiger charge is -2.29. The molecule has 156 valence electrons. The number of hydrogen-bond donors (Lipinski definition) is 2. The van der Waals surface area contributed by atoms with E-state index in [1.54, 1.807) is 23.5 Å². The van der Waals surface area contributed by atoms with Crippen LogP contribution in [-0.4, -0.2) is 30.5 Å². The van der Waals surface area contributed by atoms with Gasteiger partial charge in [0.25, 0.3) is 5.91 Å². The van der Waals surface area contributed by atoms with Gasteiger partial charge in [-0.15, -0.1) is 11.3 Å². The Labute approximate surface area is 174 Å². The smallest absolute Gasteiger partial charge is 0.286 e. The summed E-state index contributed by atoms with van der Waals surface area (Å²) in [6.07, 6.45) is 3.34. The molecular formula is C22H26FNO4S. The lowest BCUT2D eigenvalue weighted by atomic mass is 9.99. The van der Waals surface area contributed by atoms with E-state index in [1.807, 2.05) is 30.5 Å². The zero-order chi connectivity index (χ0) is 20.6. The summed E-state index contributed by atoms with van der Waals surface area (Å²) in [6.45, 7) is 2.43. The molecule has 0 unspecified atom stereocenters. The van der Waals surface area contributed by atoms with Crippen LogP contribution in [0.15, 0.2) is 53.6 Å². The van der Waals surface area contributed by atoms with Gasteiger partial charge in [-0.3, -0.25) is 4.79 Å². The number of carbonyl (C=O) groups excluding carboxylic acids is 1. The fraction of sp³-hybridized carbons (Fsp3) is 0.409. The molecule has 2 N–H and O–H groups in total. The molecule has 1 aliphatic rings. The number of aliphatic hydroxyl groups excluding tert-OH is 1. The number of nitrogens with one attached hydrogen (secondary N) is 1. The molecule has 0 saturated heterocycles. The first-order chi connectivity index (χ1) is 14.1. The fourth-order valence-electron chi connectivity index (χ4n) is 3.15. The molecule has 3 rings (SSSR count). The maximum atomic E-state index is 13.1. The summed E-state index contributed by atoms with van der Waals surface area (Å²) in [7, 11) is 0.